The Labute approximate surface area is 152 Å². The summed E-state index contributed by atoms with van der Waals surface area (Å²) in [5.41, 5.74) is 1.31. The molecule has 3 rings (SSSR count). The molecule has 1 aliphatic heterocycles. The summed E-state index contributed by atoms with van der Waals surface area (Å²) in [7, 11) is 0. The predicted octanol–water partition coefficient (Wildman–Crippen LogP) is 2.75. The maximum atomic E-state index is 12.5. The summed E-state index contributed by atoms with van der Waals surface area (Å²) in [6.07, 6.45) is 2.23. The van der Waals surface area contributed by atoms with Crippen LogP contribution in [0.2, 0.25) is 0 Å². The number of amides is 2. The summed E-state index contributed by atoms with van der Waals surface area (Å²) in [6, 6.07) is 11.3. The average molecular weight is 357 g/mol. The zero-order chi connectivity index (χ0) is 17.5. The molecule has 1 fully saturated rings. The Kier molecular flexibility index (Phi) is 6.19. The highest BCUT2D eigenvalue weighted by Crippen LogP contribution is 2.15. The second-order valence-electron chi connectivity index (χ2n) is 6.10. The molecule has 1 aromatic heterocycles. The molecule has 2 amide bonds. The third kappa shape index (κ3) is 5.14. The van der Waals surface area contributed by atoms with Crippen molar-refractivity contribution < 1.29 is 9.59 Å². The summed E-state index contributed by atoms with van der Waals surface area (Å²) in [4.78, 5) is 27.8. The van der Waals surface area contributed by atoms with Crippen molar-refractivity contribution in [3.8, 4) is 0 Å². The quantitative estimate of drug-likeness (QED) is 0.836. The molecule has 6 heteroatoms. The fraction of sp³-hybridized carbons (Fsp3) is 0.368. The zero-order valence-electron chi connectivity index (χ0n) is 14.2. The molecule has 0 radical (unpaired) electrons. The number of piperazine rings is 1. The van der Waals surface area contributed by atoms with Crippen molar-refractivity contribution in [2.45, 2.75) is 19.3 Å². The van der Waals surface area contributed by atoms with Crippen molar-refractivity contribution in [1.82, 2.24) is 10.2 Å². The SMILES string of the molecule is O=C(CCCc1cccs1)Nc1cccc(C(=O)N2CCNCC2)c1. The Morgan fingerprint density at radius 3 is 2.76 bits per heavy atom. The minimum absolute atomic E-state index is 0.0108. The molecule has 0 atom stereocenters. The molecule has 25 heavy (non-hydrogen) atoms. The summed E-state index contributed by atoms with van der Waals surface area (Å²) >= 11 is 1.72. The van der Waals surface area contributed by atoms with Crippen LogP contribution < -0.4 is 10.6 Å². The number of hydrogen-bond acceptors (Lipinski definition) is 4. The molecule has 132 valence electrons. The van der Waals surface area contributed by atoms with E-state index >= 15 is 0 Å². The number of rotatable bonds is 6. The normalized spacial score (nSPS) is 14.3. The lowest BCUT2D eigenvalue weighted by Crippen LogP contribution is -2.46. The molecule has 0 saturated carbocycles. The van der Waals surface area contributed by atoms with Gasteiger partial charge in [-0.1, -0.05) is 12.1 Å². The fourth-order valence-corrected chi connectivity index (χ4v) is 3.63. The molecule has 2 heterocycles. The molecule has 0 bridgehead atoms. The standard InChI is InChI=1S/C19H23N3O2S/c23-18(8-2-6-17-7-3-13-25-17)21-16-5-1-4-15(14-16)19(24)22-11-9-20-10-12-22/h1,3-5,7,13-14,20H,2,6,8-12H2,(H,21,23). The number of nitrogens with one attached hydrogen (secondary N) is 2. The number of hydrogen-bond donors (Lipinski definition) is 2. The van der Waals surface area contributed by atoms with Gasteiger partial charge in [0.25, 0.3) is 5.91 Å². The lowest BCUT2D eigenvalue weighted by Gasteiger charge is -2.27. The minimum atomic E-state index is -0.0108. The van der Waals surface area contributed by atoms with E-state index in [2.05, 4.69) is 22.1 Å². The van der Waals surface area contributed by atoms with E-state index in [1.54, 1.807) is 23.5 Å². The van der Waals surface area contributed by atoms with Crippen molar-refractivity contribution in [3.05, 3.63) is 52.2 Å². The molecular formula is C19H23N3O2S. The summed E-state index contributed by atoms with van der Waals surface area (Å²) < 4.78 is 0. The van der Waals surface area contributed by atoms with Gasteiger partial charge in [0, 0.05) is 48.7 Å². The van der Waals surface area contributed by atoms with E-state index in [1.807, 2.05) is 23.1 Å². The van der Waals surface area contributed by atoms with Gasteiger partial charge >= 0.3 is 0 Å². The van der Waals surface area contributed by atoms with E-state index in [0.717, 1.165) is 39.0 Å². The van der Waals surface area contributed by atoms with E-state index in [0.29, 0.717) is 17.7 Å². The van der Waals surface area contributed by atoms with Gasteiger partial charge in [-0.2, -0.15) is 0 Å². The summed E-state index contributed by atoms with van der Waals surface area (Å²) in [5, 5.41) is 8.19. The molecule has 0 spiro atoms. The molecular weight excluding hydrogens is 334 g/mol. The van der Waals surface area contributed by atoms with Crippen LogP contribution in [0.3, 0.4) is 0 Å². The van der Waals surface area contributed by atoms with Crippen LogP contribution in [0.1, 0.15) is 28.1 Å². The Morgan fingerprint density at radius 2 is 2.00 bits per heavy atom. The number of nitrogens with zero attached hydrogens (tertiary/aromatic N) is 1. The molecule has 0 unspecified atom stereocenters. The average Bonchev–Trinajstić information content (AvgIpc) is 3.15. The zero-order valence-corrected chi connectivity index (χ0v) is 15.0. The number of benzene rings is 1. The fourth-order valence-electron chi connectivity index (χ4n) is 2.88. The minimum Gasteiger partial charge on any atom is -0.336 e. The van der Waals surface area contributed by atoms with Crippen molar-refractivity contribution in [3.63, 3.8) is 0 Å². The van der Waals surface area contributed by atoms with Gasteiger partial charge in [0.05, 0.1) is 0 Å². The first-order valence-corrected chi connectivity index (χ1v) is 9.52. The van der Waals surface area contributed by atoms with Crippen LogP contribution in [-0.4, -0.2) is 42.9 Å². The van der Waals surface area contributed by atoms with Crippen LogP contribution in [0, 0.1) is 0 Å². The second-order valence-corrected chi connectivity index (χ2v) is 7.14. The molecule has 0 aliphatic carbocycles. The largest absolute Gasteiger partial charge is 0.336 e. The van der Waals surface area contributed by atoms with E-state index in [9.17, 15) is 9.59 Å². The topological polar surface area (TPSA) is 61.4 Å². The Bertz CT molecular complexity index is 709. The van der Waals surface area contributed by atoms with Gasteiger partial charge in [-0.05, 0) is 42.5 Å². The summed E-state index contributed by atoms with van der Waals surface area (Å²) in [6.45, 7) is 3.09. The van der Waals surface area contributed by atoms with Crippen molar-refractivity contribution >= 4 is 28.8 Å². The maximum absolute atomic E-state index is 12.5. The molecule has 1 saturated heterocycles. The van der Waals surface area contributed by atoms with Gasteiger partial charge in [-0.3, -0.25) is 9.59 Å². The predicted molar refractivity (Wildman–Crippen MR) is 101 cm³/mol. The Hall–Kier alpha value is -2.18. The smallest absolute Gasteiger partial charge is 0.254 e. The van der Waals surface area contributed by atoms with E-state index in [-0.39, 0.29) is 11.8 Å². The second kappa shape index (κ2) is 8.78. The number of thiophene rings is 1. The molecule has 1 aliphatic rings. The van der Waals surface area contributed by atoms with Crippen molar-refractivity contribution in [2.75, 3.05) is 31.5 Å². The third-order valence-corrected chi connectivity index (χ3v) is 5.14. The van der Waals surface area contributed by atoms with Gasteiger partial charge in [0.1, 0.15) is 0 Å². The number of carbonyl (C=O) groups is 2. The van der Waals surface area contributed by atoms with Gasteiger partial charge in [-0.15, -0.1) is 11.3 Å². The summed E-state index contributed by atoms with van der Waals surface area (Å²) in [5.74, 6) is 0.0126. The van der Waals surface area contributed by atoms with Crippen molar-refractivity contribution in [1.29, 1.82) is 0 Å². The number of anilines is 1. The van der Waals surface area contributed by atoms with E-state index in [4.69, 9.17) is 0 Å². The monoisotopic (exact) mass is 357 g/mol. The maximum Gasteiger partial charge on any atom is 0.254 e. The van der Waals surface area contributed by atoms with Gasteiger partial charge in [-0.25, -0.2) is 0 Å². The highest BCUT2D eigenvalue weighted by molar-refractivity contribution is 7.09. The molecule has 5 nitrogen and oxygen atoms in total. The van der Waals surface area contributed by atoms with Crippen molar-refractivity contribution in [2.24, 2.45) is 0 Å². The first kappa shape index (κ1) is 17.6. The molecule has 2 N–H and O–H groups in total. The van der Waals surface area contributed by atoms with Gasteiger partial charge in [0.2, 0.25) is 5.91 Å². The van der Waals surface area contributed by atoms with Gasteiger partial charge < -0.3 is 15.5 Å². The van der Waals surface area contributed by atoms with E-state index < -0.39 is 0 Å². The lowest BCUT2D eigenvalue weighted by atomic mass is 10.1. The van der Waals surface area contributed by atoms with E-state index in [1.165, 1.54) is 4.88 Å². The molecule has 1 aromatic carbocycles. The van der Waals surface area contributed by atoms with Crippen LogP contribution in [0.25, 0.3) is 0 Å². The van der Waals surface area contributed by atoms with Crippen LogP contribution in [0.15, 0.2) is 41.8 Å². The van der Waals surface area contributed by atoms with Crippen LogP contribution >= 0.6 is 11.3 Å². The van der Waals surface area contributed by atoms with Crippen LogP contribution in [0.5, 0.6) is 0 Å². The van der Waals surface area contributed by atoms with Gasteiger partial charge in [0.15, 0.2) is 0 Å². The first-order chi connectivity index (χ1) is 12.2. The Morgan fingerprint density at radius 1 is 1.16 bits per heavy atom. The highest BCUT2D eigenvalue weighted by Gasteiger charge is 2.18. The lowest BCUT2D eigenvalue weighted by molar-refractivity contribution is -0.116. The third-order valence-electron chi connectivity index (χ3n) is 4.20. The first-order valence-electron chi connectivity index (χ1n) is 8.65. The highest BCUT2D eigenvalue weighted by atomic mass is 32.1. The Balaban J connectivity index is 1.52. The van der Waals surface area contributed by atoms with Crippen LogP contribution in [-0.2, 0) is 11.2 Å². The van der Waals surface area contributed by atoms with Crippen LogP contribution in [0.4, 0.5) is 5.69 Å². The number of aryl methyl sites for hydroxylation is 1. The molecule has 2 aromatic rings. The number of carbonyl (C=O) groups excluding carboxylic acids is 2.